The van der Waals surface area contributed by atoms with E-state index in [2.05, 4.69) is 15.0 Å². The van der Waals surface area contributed by atoms with Gasteiger partial charge in [0, 0.05) is 0 Å². The standard InChI is InChI=1S/C4H8B3N3/c5-1-2-8-3(6)10-4(7)9-2/h1,5-7H2. The first kappa shape index (κ1) is 7.31. The van der Waals surface area contributed by atoms with Crippen molar-refractivity contribution < 1.29 is 0 Å². The minimum Gasteiger partial charge on any atom is -0.241 e. The zero-order valence-electron chi connectivity index (χ0n) is 6.55. The summed E-state index contributed by atoms with van der Waals surface area (Å²) in [6, 6.07) is 0. The van der Waals surface area contributed by atoms with Gasteiger partial charge in [0.15, 0.2) is 15.7 Å². The Bertz CT molecular complexity index is 219. The summed E-state index contributed by atoms with van der Waals surface area (Å²) in [5.41, 5.74) is 1.62. The van der Waals surface area contributed by atoms with Gasteiger partial charge in [0.1, 0.15) is 13.7 Å². The summed E-state index contributed by atoms with van der Waals surface area (Å²) >= 11 is 0. The molecule has 1 aromatic heterocycles. The topological polar surface area (TPSA) is 38.7 Å². The first-order chi connectivity index (χ1) is 4.72. The third-order valence-corrected chi connectivity index (χ3v) is 1.22. The SMILES string of the molecule is BCc1nc(B)nc(B)n1. The first-order valence-electron chi connectivity index (χ1n) is 3.40. The van der Waals surface area contributed by atoms with Gasteiger partial charge in [0.25, 0.3) is 0 Å². The van der Waals surface area contributed by atoms with Gasteiger partial charge in [0.05, 0.1) is 11.4 Å². The maximum Gasteiger partial charge on any atom is 0.189 e. The van der Waals surface area contributed by atoms with Gasteiger partial charge in [-0.2, -0.15) is 0 Å². The van der Waals surface area contributed by atoms with Gasteiger partial charge in [-0.15, -0.1) is 0 Å². The summed E-state index contributed by atoms with van der Waals surface area (Å²) in [5.74, 6) is 0.880. The van der Waals surface area contributed by atoms with Crippen molar-refractivity contribution in [2.24, 2.45) is 0 Å². The van der Waals surface area contributed by atoms with Gasteiger partial charge in [-0.1, -0.05) is 0 Å². The molecule has 0 radical (unpaired) electrons. The molecule has 1 heterocycles. The molecule has 0 N–H and O–H groups in total. The van der Waals surface area contributed by atoms with E-state index in [0.29, 0.717) is 0 Å². The van der Waals surface area contributed by atoms with E-state index >= 15 is 0 Å². The Balaban J connectivity index is 3.06. The first-order valence-corrected chi connectivity index (χ1v) is 3.40. The summed E-state index contributed by atoms with van der Waals surface area (Å²) in [5, 5.41) is 0. The molecule has 0 atom stereocenters. The number of hydrogen-bond donors (Lipinski definition) is 0. The van der Waals surface area contributed by atoms with Crippen LogP contribution in [-0.2, 0) is 6.32 Å². The van der Waals surface area contributed by atoms with Crippen molar-refractivity contribution in [3.63, 3.8) is 0 Å². The molecule has 0 aromatic carbocycles. The molecule has 1 aromatic rings. The smallest absolute Gasteiger partial charge is 0.189 e. The van der Waals surface area contributed by atoms with Gasteiger partial charge in [-0.3, -0.25) is 0 Å². The molecule has 0 unspecified atom stereocenters. The summed E-state index contributed by atoms with van der Waals surface area (Å²) < 4.78 is 0. The molecule has 0 aliphatic rings. The molecule has 10 heavy (non-hydrogen) atoms. The van der Waals surface area contributed by atoms with Gasteiger partial charge in [-0.25, -0.2) is 15.0 Å². The van der Waals surface area contributed by atoms with Crippen molar-refractivity contribution in [2.75, 3.05) is 0 Å². The number of rotatable bonds is 1. The molecule has 48 valence electrons. The molecular formula is C4H8B3N3. The van der Waals surface area contributed by atoms with E-state index in [0.717, 1.165) is 23.6 Å². The number of hydrogen-bond acceptors (Lipinski definition) is 3. The highest BCUT2D eigenvalue weighted by Gasteiger charge is 1.95. The average molecular weight is 131 g/mol. The van der Waals surface area contributed by atoms with Crippen molar-refractivity contribution in [2.45, 2.75) is 6.32 Å². The van der Waals surface area contributed by atoms with Crippen LogP contribution < -0.4 is 11.4 Å². The van der Waals surface area contributed by atoms with E-state index in [1.807, 2.05) is 23.5 Å². The monoisotopic (exact) mass is 131 g/mol. The molecule has 0 amide bonds. The molecular weight excluding hydrogens is 123 g/mol. The molecule has 1 rings (SSSR count). The second-order valence-corrected chi connectivity index (χ2v) is 2.20. The van der Waals surface area contributed by atoms with Crippen molar-refractivity contribution in [1.29, 1.82) is 0 Å². The Morgan fingerprint density at radius 3 is 1.90 bits per heavy atom. The van der Waals surface area contributed by atoms with E-state index in [-0.39, 0.29) is 0 Å². The minimum atomic E-state index is 0.810. The fraction of sp³-hybridized carbons (Fsp3) is 0.250. The van der Waals surface area contributed by atoms with Crippen molar-refractivity contribution in [3.05, 3.63) is 5.82 Å². The lowest BCUT2D eigenvalue weighted by Crippen LogP contribution is -2.29. The number of aromatic nitrogens is 3. The van der Waals surface area contributed by atoms with Crippen molar-refractivity contribution in [3.8, 4) is 0 Å². The highest BCUT2D eigenvalue weighted by atomic mass is 15.0. The van der Waals surface area contributed by atoms with E-state index in [1.54, 1.807) is 0 Å². The fourth-order valence-corrected chi connectivity index (χ4v) is 0.841. The third kappa shape index (κ3) is 1.59. The predicted molar refractivity (Wildman–Crippen MR) is 48.4 cm³/mol. The van der Waals surface area contributed by atoms with E-state index in [9.17, 15) is 0 Å². The second-order valence-electron chi connectivity index (χ2n) is 2.20. The summed E-state index contributed by atoms with van der Waals surface area (Å²) in [7, 11) is 5.80. The van der Waals surface area contributed by atoms with Crippen molar-refractivity contribution in [1.82, 2.24) is 15.0 Å². The lowest BCUT2D eigenvalue weighted by molar-refractivity contribution is 1.02. The van der Waals surface area contributed by atoms with Crippen LogP contribution in [0.15, 0.2) is 0 Å². The lowest BCUT2D eigenvalue weighted by Gasteiger charge is -1.97. The van der Waals surface area contributed by atoms with Crippen LogP contribution in [0, 0.1) is 0 Å². The Kier molecular flexibility index (Phi) is 2.09. The fourth-order valence-electron chi connectivity index (χ4n) is 0.841. The molecule has 0 bridgehead atoms. The Hall–Kier alpha value is -0.795. The minimum absolute atomic E-state index is 0.810. The molecule has 0 aliphatic heterocycles. The number of nitrogens with zero attached hydrogens (tertiary/aromatic N) is 3. The van der Waals surface area contributed by atoms with Crippen LogP contribution in [0.1, 0.15) is 5.82 Å². The average Bonchev–Trinajstić information content (AvgIpc) is 1.85. The molecule has 0 aliphatic carbocycles. The van der Waals surface area contributed by atoms with Crippen LogP contribution in [0.4, 0.5) is 0 Å². The van der Waals surface area contributed by atoms with E-state index < -0.39 is 0 Å². The quantitative estimate of drug-likeness (QED) is 0.360. The normalized spacial score (nSPS) is 9.60. The van der Waals surface area contributed by atoms with Crippen LogP contribution in [0.3, 0.4) is 0 Å². The molecule has 3 nitrogen and oxygen atoms in total. The van der Waals surface area contributed by atoms with E-state index in [4.69, 9.17) is 0 Å². The lowest BCUT2D eigenvalue weighted by atomic mass is 10.0. The van der Waals surface area contributed by atoms with Crippen LogP contribution in [0.2, 0.25) is 0 Å². The zero-order chi connectivity index (χ0) is 7.56. The largest absolute Gasteiger partial charge is 0.241 e. The van der Waals surface area contributed by atoms with Crippen LogP contribution in [-0.4, -0.2) is 38.5 Å². The van der Waals surface area contributed by atoms with Crippen LogP contribution in [0.5, 0.6) is 0 Å². The third-order valence-electron chi connectivity index (χ3n) is 1.22. The Morgan fingerprint density at radius 1 is 1.00 bits per heavy atom. The molecule has 0 saturated heterocycles. The van der Waals surface area contributed by atoms with Gasteiger partial charge in [-0.05, 0) is 6.32 Å². The van der Waals surface area contributed by atoms with Crippen LogP contribution in [0.25, 0.3) is 0 Å². The molecule has 0 spiro atoms. The summed E-state index contributed by atoms with van der Waals surface area (Å²) in [6.45, 7) is 0. The summed E-state index contributed by atoms with van der Waals surface area (Å²) in [6.07, 6.45) is 0.879. The summed E-state index contributed by atoms with van der Waals surface area (Å²) in [4.78, 5) is 12.3. The van der Waals surface area contributed by atoms with Gasteiger partial charge < -0.3 is 0 Å². The molecule has 0 fully saturated rings. The second kappa shape index (κ2) is 2.86. The highest BCUT2D eigenvalue weighted by Crippen LogP contribution is 1.76. The van der Waals surface area contributed by atoms with Crippen LogP contribution >= 0.6 is 0 Å². The maximum atomic E-state index is 4.13. The molecule has 6 heteroatoms. The Labute approximate surface area is 62.9 Å². The molecule has 0 saturated carbocycles. The van der Waals surface area contributed by atoms with Gasteiger partial charge >= 0.3 is 0 Å². The van der Waals surface area contributed by atoms with E-state index in [1.165, 1.54) is 0 Å². The Morgan fingerprint density at radius 2 is 1.50 bits per heavy atom. The maximum absolute atomic E-state index is 4.13. The van der Waals surface area contributed by atoms with Gasteiger partial charge in [0.2, 0.25) is 0 Å². The van der Waals surface area contributed by atoms with Crippen molar-refractivity contribution >= 4 is 35.0 Å². The predicted octanol–water partition coefficient (Wildman–Crippen LogP) is -4.48. The zero-order valence-corrected chi connectivity index (χ0v) is 6.55. The highest BCUT2D eigenvalue weighted by molar-refractivity contribution is 6.32.